The molecule has 0 aromatic carbocycles. The van der Waals surface area contributed by atoms with Gasteiger partial charge in [0.2, 0.25) is 0 Å². The van der Waals surface area contributed by atoms with Crippen molar-refractivity contribution in [1.82, 2.24) is 15.8 Å². The first-order valence-corrected chi connectivity index (χ1v) is 8.52. The van der Waals surface area contributed by atoms with E-state index in [2.05, 4.69) is 41.6 Å². The molecular weight excluding hydrogens is 276 g/mol. The third kappa shape index (κ3) is 4.02. The number of hydrogen-bond donors (Lipinski definition) is 2. The molecule has 0 radical (unpaired) electrons. The van der Waals surface area contributed by atoms with Gasteiger partial charge in [-0.15, -0.1) is 0 Å². The number of nitrogens with zero attached hydrogens (tertiary/aromatic N) is 2. The van der Waals surface area contributed by atoms with E-state index in [-0.39, 0.29) is 0 Å². The molecule has 0 unspecified atom stereocenters. The van der Waals surface area contributed by atoms with Gasteiger partial charge in [0.1, 0.15) is 5.76 Å². The van der Waals surface area contributed by atoms with E-state index >= 15 is 0 Å². The SMILES string of the molecule is CCc1noc(CC)c1CNC(=NC)NCC1(C)CCCC1. The van der Waals surface area contributed by atoms with Crippen LogP contribution < -0.4 is 10.6 Å². The Balaban J connectivity index is 1.90. The van der Waals surface area contributed by atoms with Gasteiger partial charge in [-0.25, -0.2) is 0 Å². The van der Waals surface area contributed by atoms with E-state index < -0.39 is 0 Å². The third-order valence-electron chi connectivity index (χ3n) is 4.76. The number of rotatable bonds is 6. The van der Waals surface area contributed by atoms with Crippen molar-refractivity contribution in [2.75, 3.05) is 13.6 Å². The van der Waals surface area contributed by atoms with Gasteiger partial charge in [-0.2, -0.15) is 0 Å². The van der Waals surface area contributed by atoms with Crippen LogP contribution in [0.5, 0.6) is 0 Å². The highest BCUT2D eigenvalue weighted by Gasteiger charge is 2.28. The van der Waals surface area contributed by atoms with Crippen LogP contribution in [0.2, 0.25) is 0 Å². The summed E-state index contributed by atoms with van der Waals surface area (Å²) in [6.45, 7) is 8.26. The van der Waals surface area contributed by atoms with Gasteiger partial charge in [-0.05, 0) is 24.7 Å². The summed E-state index contributed by atoms with van der Waals surface area (Å²) in [6.07, 6.45) is 7.08. The summed E-state index contributed by atoms with van der Waals surface area (Å²) in [6, 6.07) is 0. The molecule has 5 nitrogen and oxygen atoms in total. The second-order valence-corrected chi connectivity index (χ2v) is 6.54. The second kappa shape index (κ2) is 7.65. The van der Waals surface area contributed by atoms with Gasteiger partial charge < -0.3 is 15.2 Å². The Morgan fingerprint density at radius 1 is 1.23 bits per heavy atom. The fourth-order valence-electron chi connectivity index (χ4n) is 3.23. The lowest BCUT2D eigenvalue weighted by atomic mass is 9.89. The lowest BCUT2D eigenvalue weighted by Crippen LogP contribution is -2.42. The van der Waals surface area contributed by atoms with Crippen LogP contribution in [-0.2, 0) is 19.4 Å². The summed E-state index contributed by atoms with van der Waals surface area (Å²) >= 11 is 0. The van der Waals surface area contributed by atoms with Gasteiger partial charge in [0.15, 0.2) is 5.96 Å². The Bertz CT molecular complexity index is 479. The molecule has 1 aromatic heterocycles. The smallest absolute Gasteiger partial charge is 0.191 e. The average Bonchev–Trinajstić information content (AvgIpc) is 3.13. The van der Waals surface area contributed by atoms with Gasteiger partial charge in [-0.1, -0.05) is 38.8 Å². The van der Waals surface area contributed by atoms with E-state index in [0.717, 1.165) is 36.8 Å². The predicted octanol–water partition coefficient (Wildman–Crippen LogP) is 3.04. The molecule has 124 valence electrons. The van der Waals surface area contributed by atoms with E-state index in [1.165, 1.54) is 31.2 Å². The first kappa shape index (κ1) is 16.8. The molecular formula is C17H30N4O. The van der Waals surface area contributed by atoms with Crippen LogP contribution in [0.25, 0.3) is 0 Å². The molecule has 0 amide bonds. The van der Waals surface area contributed by atoms with Gasteiger partial charge in [0.25, 0.3) is 0 Å². The highest BCUT2D eigenvalue weighted by molar-refractivity contribution is 5.79. The molecule has 2 N–H and O–H groups in total. The largest absolute Gasteiger partial charge is 0.361 e. The average molecular weight is 306 g/mol. The maximum Gasteiger partial charge on any atom is 0.191 e. The van der Waals surface area contributed by atoms with Gasteiger partial charge in [-0.3, -0.25) is 4.99 Å². The lowest BCUT2D eigenvalue weighted by Gasteiger charge is -2.25. The van der Waals surface area contributed by atoms with Crippen molar-refractivity contribution in [2.24, 2.45) is 10.4 Å². The molecule has 5 heteroatoms. The van der Waals surface area contributed by atoms with E-state index in [1.807, 2.05) is 7.05 Å². The number of guanidine groups is 1. The zero-order chi connectivity index (χ0) is 16.0. The van der Waals surface area contributed by atoms with Gasteiger partial charge >= 0.3 is 0 Å². The molecule has 0 aliphatic heterocycles. The monoisotopic (exact) mass is 306 g/mol. The van der Waals surface area contributed by atoms with Gasteiger partial charge in [0.05, 0.1) is 5.69 Å². The Labute approximate surface area is 133 Å². The Morgan fingerprint density at radius 3 is 2.55 bits per heavy atom. The summed E-state index contributed by atoms with van der Waals surface area (Å²) < 4.78 is 5.41. The molecule has 2 rings (SSSR count). The van der Waals surface area contributed by atoms with E-state index in [4.69, 9.17) is 4.52 Å². The molecule has 1 heterocycles. The quantitative estimate of drug-likeness (QED) is 0.626. The number of aromatic nitrogens is 1. The first-order chi connectivity index (χ1) is 10.6. The Morgan fingerprint density at radius 2 is 1.95 bits per heavy atom. The normalized spacial score (nSPS) is 17.7. The Hall–Kier alpha value is -1.52. The first-order valence-electron chi connectivity index (χ1n) is 8.52. The fraction of sp³-hybridized carbons (Fsp3) is 0.765. The molecule has 0 saturated heterocycles. The minimum absolute atomic E-state index is 0.415. The molecule has 1 aliphatic carbocycles. The molecule has 1 aromatic rings. The van der Waals surface area contributed by atoms with Crippen molar-refractivity contribution in [3.05, 3.63) is 17.0 Å². The zero-order valence-corrected chi connectivity index (χ0v) is 14.5. The summed E-state index contributed by atoms with van der Waals surface area (Å²) in [5.74, 6) is 1.83. The zero-order valence-electron chi connectivity index (χ0n) is 14.5. The van der Waals surface area contributed by atoms with Crippen LogP contribution in [0.4, 0.5) is 0 Å². The van der Waals surface area contributed by atoms with Crippen molar-refractivity contribution >= 4 is 5.96 Å². The highest BCUT2D eigenvalue weighted by Crippen LogP contribution is 2.36. The van der Waals surface area contributed by atoms with Crippen molar-refractivity contribution in [3.63, 3.8) is 0 Å². The molecule has 0 atom stereocenters. The number of hydrogen-bond acceptors (Lipinski definition) is 3. The summed E-state index contributed by atoms with van der Waals surface area (Å²) in [5, 5.41) is 11.0. The van der Waals surface area contributed by atoms with Crippen LogP contribution in [0.15, 0.2) is 9.52 Å². The summed E-state index contributed by atoms with van der Waals surface area (Å²) in [7, 11) is 1.82. The molecule has 0 spiro atoms. The van der Waals surface area contributed by atoms with Crippen molar-refractivity contribution in [2.45, 2.75) is 65.8 Å². The molecule has 1 aliphatic rings. The maximum atomic E-state index is 5.41. The highest BCUT2D eigenvalue weighted by atomic mass is 16.5. The lowest BCUT2D eigenvalue weighted by molar-refractivity contribution is 0.334. The minimum Gasteiger partial charge on any atom is -0.361 e. The molecule has 1 fully saturated rings. The van der Waals surface area contributed by atoms with E-state index in [9.17, 15) is 0 Å². The van der Waals surface area contributed by atoms with Gasteiger partial charge in [0, 0.05) is 32.1 Å². The number of nitrogens with one attached hydrogen (secondary N) is 2. The fourth-order valence-corrected chi connectivity index (χ4v) is 3.23. The second-order valence-electron chi connectivity index (χ2n) is 6.54. The van der Waals surface area contributed by atoms with Crippen LogP contribution in [0, 0.1) is 5.41 Å². The standard InChI is InChI=1S/C17H30N4O/c1-5-14-13(15(6-2)22-21-14)11-19-16(18-4)20-12-17(3)9-7-8-10-17/h5-12H2,1-4H3,(H2,18,19,20). The Kier molecular flexibility index (Phi) is 5.86. The number of aliphatic imine (C=N–C) groups is 1. The third-order valence-corrected chi connectivity index (χ3v) is 4.76. The topological polar surface area (TPSA) is 62.5 Å². The van der Waals surface area contributed by atoms with Crippen molar-refractivity contribution < 1.29 is 4.52 Å². The van der Waals surface area contributed by atoms with E-state index in [0.29, 0.717) is 12.0 Å². The summed E-state index contributed by atoms with van der Waals surface area (Å²) in [4.78, 5) is 4.33. The molecule has 1 saturated carbocycles. The van der Waals surface area contributed by atoms with Crippen LogP contribution in [0.1, 0.15) is 63.5 Å². The van der Waals surface area contributed by atoms with Crippen LogP contribution in [-0.4, -0.2) is 24.7 Å². The maximum absolute atomic E-state index is 5.41. The molecule has 0 bridgehead atoms. The number of aryl methyl sites for hydroxylation is 2. The minimum atomic E-state index is 0.415. The van der Waals surface area contributed by atoms with Crippen molar-refractivity contribution in [1.29, 1.82) is 0 Å². The van der Waals surface area contributed by atoms with Crippen LogP contribution in [0.3, 0.4) is 0 Å². The predicted molar refractivity (Wildman–Crippen MR) is 90.0 cm³/mol. The van der Waals surface area contributed by atoms with Crippen LogP contribution >= 0.6 is 0 Å². The van der Waals surface area contributed by atoms with E-state index in [1.54, 1.807) is 0 Å². The molecule has 22 heavy (non-hydrogen) atoms. The summed E-state index contributed by atoms with van der Waals surface area (Å²) in [5.41, 5.74) is 2.64. The van der Waals surface area contributed by atoms with Crippen molar-refractivity contribution in [3.8, 4) is 0 Å².